The van der Waals surface area contributed by atoms with E-state index in [0.29, 0.717) is 35.9 Å². The molecule has 104 valence electrons. The summed E-state index contributed by atoms with van der Waals surface area (Å²) in [4.78, 5) is 15.1. The van der Waals surface area contributed by atoms with E-state index >= 15 is 0 Å². The van der Waals surface area contributed by atoms with Crippen LogP contribution in [0.4, 0.5) is 11.8 Å². The molecule has 0 radical (unpaired) electrons. The summed E-state index contributed by atoms with van der Waals surface area (Å²) in [5, 5.41) is 13.4. The molecule has 0 aliphatic heterocycles. The molecule has 7 heteroatoms. The van der Waals surface area contributed by atoms with Gasteiger partial charge in [0.05, 0.1) is 11.9 Å². The average molecular weight is 264 g/mol. The molecule has 2 rings (SSSR count). The predicted molar refractivity (Wildman–Crippen MR) is 74.7 cm³/mol. The molecule has 0 aliphatic rings. The topological polar surface area (TPSA) is 113 Å². The van der Waals surface area contributed by atoms with Gasteiger partial charge in [0.25, 0.3) is 0 Å². The van der Waals surface area contributed by atoms with E-state index in [1.807, 2.05) is 0 Å². The lowest BCUT2D eigenvalue weighted by molar-refractivity contribution is 0.0515. The van der Waals surface area contributed by atoms with Gasteiger partial charge in [-0.05, 0) is 19.3 Å². The number of nitrogens with one attached hydrogen (secondary N) is 2. The van der Waals surface area contributed by atoms with Gasteiger partial charge < -0.3 is 21.1 Å². The number of fused-ring (bicyclic) bond motifs is 1. The third-order valence-electron chi connectivity index (χ3n) is 2.79. The van der Waals surface area contributed by atoms with Crippen LogP contribution in [0, 0.1) is 5.92 Å². The van der Waals surface area contributed by atoms with E-state index < -0.39 is 5.60 Å². The van der Waals surface area contributed by atoms with Crippen molar-refractivity contribution in [3.8, 4) is 0 Å². The van der Waals surface area contributed by atoms with Crippen LogP contribution in [0.25, 0.3) is 11.2 Å². The van der Waals surface area contributed by atoms with Gasteiger partial charge >= 0.3 is 0 Å². The monoisotopic (exact) mass is 264 g/mol. The van der Waals surface area contributed by atoms with Crippen LogP contribution in [0.3, 0.4) is 0 Å². The first kappa shape index (κ1) is 13.5. The molecular formula is C12H20N6O. The van der Waals surface area contributed by atoms with Crippen molar-refractivity contribution < 1.29 is 5.11 Å². The minimum Gasteiger partial charge on any atom is -0.388 e. The summed E-state index contributed by atoms with van der Waals surface area (Å²) < 4.78 is 0. The zero-order valence-corrected chi connectivity index (χ0v) is 11.4. The number of aliphatic hydroxyl groups is 1. The van der Waals surface area contributed by atoms with Gasteiger partial charge in [0.15, 0.2) is 11.5 Å². The highest BCUT2D eigenvalue weighted by Crippen LogP contribution is 2.20. The molecule has 0 spiro atoms. The van der Waals surface area contributed by atoms with Gasteiger partial charge in [0, 0.05) is 6.54 Å². The van der Waals surface area contributed by atoms with Crippen LogP contribution in [0.15, 0.2) is 6.33 Å². The highest BCUT2D eigenvalue weighted by Gasteiger charge is 2.22. The molecule has 7 nitrogen and oxygen atoms in total. The molecule has 0 amide bonds. The molecule has 0 aliphatic carbocycles. The molecule has 0 aromatic carbocycles. The molecule has 1 atom stereocenters. The maximum absolute atomic E-state index is 10.3. The molecule has 5 N–H and O–H groups in total. The van der Waals surface area contributed by atoms with E-state index in [-0.39, 0.29) is 5.95 Å². The van der Waals surface area contributed by atoms with Crippen molar-refractivity contribution in [3.05, 3.63) is 6.33 Å². The first-order chi connectivity index (χ1) is 8.87. The van der Waals surface area contributed by atoms with Gasteiger partial charge in [-0.1, -0.05) is 13.8 Å². The summed E-state index contributed by atoms with van der Waals surface area (Å²) in [6, 6.07) is 0. The Labute approximate surface area is 111 Å². The van der Waals surface area contributed by atoms with E-state index in [9.17, 15) is 5.11 Å². The molecule has 2 heterocycles. The second kappa shape index (κ2) is 5.00. The van der Waals surface area contributed by atoms with Crippen molar-refractivity contribution in [2.75, 3.05) is 17.6 Å². The Bertz CT molecular complexity index is 562. The van der Waals surface area contributed by atoms with E-state index in [1.165, 1.54) is 6.33 Å². The zero-order valence-electron chi connectivity index (χ0n) is 11.4. The summed E-state index contributed by atoms with van der Waals surface area (Å²) in [5.74, 6) is 1.13. The van der Waals surface area contributed by atoms with Gasteiger partial charge in [-0.2, -0.15) is 9.97 Å². The lowest BCUT2D eigenvalue weighted by Crippen LogP contribution is -2.35. The van der Waals surface area contributed by atoms with Gasteiger partial charge in [0.2, 0.25) is 5.95 Å². The Morgan fingerprint density at radius 1 is 1.47 bits per heavy atom. The number of anilines is 2. The summed E-state index contributed by atoms with van der Waals surface area (Å²) in [6.07, 6.45) is 2.24. The van der Waals surface area contributed by atoms with E-state index in [4.69, 9.17) is 5.73 Å². The Kier molecular flexibility index (Phi) is 3.57. The number of imidazole rings is 1. The maximum Gasteiger partial charge on any atom is 0.224 e. The van der Waals surface area contributed by atoms with Gasteiger partial charge in [-0.15, -0.1) is 0 Å². The number of H-pyrrole nitrogens is 1. The van der Waals surface area contributed by atoms with Crippen LogP contribution in [0.2, 0.25) is 0 Å². The Morgan fingerprint density at radius 3 is 2.89 bits per heavy atom. The zero-order chi connectivity index (χ0) is 14.0. The summed E-state index contributed by atoms with van der Waals surface area (Å²) >= 11 is 0. The van der Waals surface area contributed by atoms with Gasteiger partial charge in [-0.3, -0.25) is 0 Å². The molecule has 1 unspecified atom stereocenters. The van der Waals surface area contributed by atoms with Crippen molar-refractivity contribution in [1.29, 1.82) is 0 Å². The number of nitrogens with two attached hydrogens (primary N) is 1. The van der Waals surface area contributed by atoms with Crippen LogP contribution < -0.4 is 11.1 Å². The number of rotatable bonds is 5. The number of hydrogen-bond acceptors (Lipinski definition) is 6. The molecule has 0 saturated heterocycles. The fourth-order valence-electron chi connectivity index (χ4n) is 2.20. The second-order valence-corrected chi connectivity index (χ2v) is 5.48. The number of nitrogens with zero attached hydrogens (tertiary/aromatic N) is 3. The standard InChI is InChI=1S/C12H20N6O/c1-7(2)4-12(3,19)5-14-9-8-10(16-6-15-8)18-11(13)17-9/h6-7,19H,4-5H2,1-3H3,(H4,13,14,15,16,17,18). The smallest absolute Gasteiger partial charge is 0.224 e. The van der Waals surface area contributed by atoms with Crippen LogP contribution >= 0.6 is 0 Å². The summed E-state index contributed by atoms with van der Waals surface area (Å²) in [7, 11) is 0. The van der Waals surface area contributed by atoms with Crippen LogP contribution in [-0.4, -0.2) is 37.2 Å². The Hall–Kier alpha value is -1.89. The van der Waals surface area contributed by atoms with Crippen molar-refractivity contribution in [2.45, 2.75) is 32.8 Å². The molecule has 19 heavy (non-hydrogen) atoms. The van der Waals surface area contributed by atoms with Crippen molar-refractivity contribution in [2.24, 2.45) is 5.92 Å². The molecular weight excluding hydrogens is 244 g/mol. The van der Waals surface area contributed by atoms with Crippen molar-refractivity contribution >= 4 is 22.9 Å². The third kappa shape index (κ3) is 3.31. The Balaban J connectivity index is 2.15. The summed E-state index contributed by atoms with van der Waals surface area (Å²) in [5.41, 5.74) is 6.02. The molecule has 0 bridgehead atoms. The number of hydrogen-bond donors (Lipinski definition) is 4. The molecule has 2 aromatic rings. The lowest BCUT2D eigenvalue weighted by atomic mass is 9.94. The predicted octanol–water partition coefficient (Wildman–Crippen LogP) is 1.14. The van der Waals surface area contributed by atoms with Crippen LogP contribution in [0.1, 0.15) is 27.2 Å². The maximum atomic E-state index is 10.3. The highest BCUT2D eigenvalue weighted by atomic mass is 16.3. The van der Waals surface area contributed by atoms with Crippen molar-refractivity contribution in [1.82, 2.24) is 19.9 Å². The van der Waals surface area contributed by atoms with Crippen LogP contribution in [-0.2, 0) is 0 Å². The fourth-order valence-corrected chi connectivity index (χ4v) is 2.20. The first-order valence-corrected chi connectivity index (χ1v) is 6.30. The largest absolute Gasteiger partial charge is 0.388 e. The second-order valence-electron chi connectivity index (χ2n) is 5.48. The van der Waals surface area contributed by atoms with E-state index in [2.05, 4.69) is 39.1 Å². The third-order valence-corrected chi connectivity index (χ3v) is 2.79. The average Bonchev–Trinajstić information content (AvgIpc) is 2.71. The molecule has 0 fully saturated rings. The highest BCUT2D eigenvalue weighted by molar-refractivity contribution is 5.83. The lowest BCUT2D eigenvalue weighted by Gasteiger charge is -2.25. The normalized spacial score (nSPS) is 14.8. The van der Waals surface area contributed by atoms with Gasteiger partial charge in [-0.25, -0.2) is 4.98 Å². The SMILES string of the molecule is CC(C)CC(C)(O)CNc1nc(N)nc2nc[nH]c12. The fraction of sp³-hybridized carbons (Fsp3) is 0.583. The minimum atomic E-state index is -0.805. The molecule has 0 saturated carbocycles. The van der Waals surface area contributed by atoms with Gasteiger partial charge in [0.1, 0.15) is 5.52 Å². The van der Waals surface area contributed by atoms with E-state index in [0.717, 1.165) is 0 Å². The van der Waals surface area contributed by atoms with Crippen molar-refractivity contribution in [3.63, 3.8) is 0 Å². The molecule has 2 aromatic heterocycles. The van der Waals surface area contributed by atoms with E-state index in [1.54, 1.807) is 6.92 Å². The minimum absolute atomic E-state index is 0.158. The van der Waals surface area contributed by atoms with Crippen LogP contribution in [0.5, 0.6) is 0 Å². The summed E-state index contributed by atoms with van der Waals surface area (Å²) in [6.45, 7) is 6.33. The quantitative estimate of drug-likeness (QED) is 0.644. The Morgan fingerprint density at radius 2 is 2.21 bits per heavy atom. The number of nitrogen functional groups attached to an aromatic ring is 1. The number of aromatic amines is 1. The number of aromatic nitrogens is 4. The first-order valence-electron chi connectivity index (χ1n) is 6.30.